The number of phenols is 1. The molecule has 0 unspecified atom stereocenters. The van der Waals surface area contributed by atoms with E-state index in [2.05, 4.69) is 17.5 Å². The summed E-state index contributed by atoms with van der Waals surface area (Å²) in [5.74, 6) is -1.40. The average molecular weight is 452 g/mol. The number of fused-ring (bicyclic) bond motifs is 1. The van der Waals surface area contributed by atoms with E-state index in [1.807, 2.05) is 0 Å². The molecule has 0 aliphatic rings. The maximum Gasteiger partial charge on any atom is 0.271 e. The highest BCUT2D eigenvalue weighted by Gasteiger charge is 2.14. The Hall–Kier alpha value is -4.21. The van der Waals surface area contributed by atoms with Gasteiger partial charge < -0.3 is 15.3 Å². The van der Waals surface area contributed by atoms with Crippen molar-refractivity contribution in [3.63, 3.8) is 0 Å². The molecule has 1 heterocycles. The number of phenolic OH excluding ortho intramolecular Hbond substituents is 1. The summed E-state index contributed by atoms with van der Waals surface area (Å²) >= 11 is 0. The van der Waals surface area contributed by atoms with Crippen LogP contribution in [-0.2, 0) is 6.42 Å². The molecular weight excluding hydrogens is 428 g/mol. The van der Waals surface area contributed by atoms with Crippen LogP contribution in [0.3, 0.4) is 0 Å². The lowest BCUT2D eigenvalue weighted by Gasteiger charge is -2.08. The van der Waals surface area contributed by atoms with E-state index < -0.39 is 16.7 Å². The monoisotopic (exact) mass is 452 g/mol. The molecule has 10 heteroatoms. The Morgan fingerprint density at radius 1 is 1.15 bits per heavy atom. The number of aryl methyl sites for hydroxylation is 1. The highest BCUT2D eigenvalue weighted by molar-refractivity contribution is 5.96. The van der Waals surface area contributed by atoms with Crippen molar-refractivity contribution in [2.75, 3.05) is 0 Å². The number of amides is 2. The Bertz CT molecular complexity index is 1260. The van der Waals surface area contributed by atoms with Crippen molar-refractivity contribution >= 4 is 28.5 Å². The summed E-state index contributed by atoms with van der Waals surface area (Å²) in [6, 6.07) is 9.59. The van der Waals surface area contributed by atoms with Crippen molar-refractivity contribution in [3.8, 4) is 5.75 Å². The number of nitro benzene ring substituents is 1. The van der Waals surface area contributed by atoms with Gasteiger partial charge in [-0.05, 0) is 42.7 Å². The number of nitrogens with two attached hydrogens (primary N) is 1. The predicted molar refractivity (Wildman–Crippen MR) is 120 cm³/mol. The van der Waals surface area contributed by atoms with E-state index in [4.69, 9.17) is 10.2 Å². The zero-order valence-electron chi connectivity index (χ0n) is 18.0. The van der Waals surface area contributed by atoms with Crippen molar-refractivity contribution in [2.45, 2.75) is 39.0 Å². The third-order valence-electron chi connectivity index (χ3n) is 5.11. The molecular formula is C23H24N4O6. The number of rotatable bonds is 9. The number of unbranched alkanes of at least 4 members (excludes halogenated alkanes) is 3. The third-order valence-corrected chi connectivity index (χ3v) is 5.11. The largest absolute Gasteiger partial charge is 0.508 e. The second kappa shape index (κ2) is 10.4. The summed E-state index contributed by atoms with van der Waals surface area (Å²) in [5, 5.41) is 25.5. The third kappa shape index (κ3) is 5.73. The summed E-state index contributed by atoms with van der Waals surface area (Å²) in [4.78, 5) is 34.4. The predicted octanol–water partition coefficient (Wildman–Crippen LogP) is 3.51. The number of hydrogen-bond acceptors (Lipinski definition) is 7. The maximum absolute atomic E-state index is 12.3. The van der Waals surface area contributed by atoms with Crippen LogP contribution in [-0.4, -0.2) is 21.8 Å². The Morgan fingerprint density at radius 3 is 2.52 bits per heavy atom. The maximum atomic E-state index is 12.3. The number of carbonyl (C=O) groups excluding carboxylic acids is 2. The topological polar surface area (TPSA) is 161 Å². The number of carbonyl (C=O) groups is 2. The van der Waals surface area contributed by atoms with Crippen molar-refractivity contribution in [3.05, 3.63) is 74.8 Å². The van der Waals surface area contributed by atoms with Gasteiger partial charge in [0.1, 0.15) is 16.9 Å². The molecule has 0 spiro atoms. The first-order valence-corrected chi connectivity index (χ1v) is 10.5. The summed E-state index contributed by atoms with van der Waals surface area (Å²) in [6.45, 7) is 2.12. The molecule has 0 aliphatic heterocycles. The Balaban J connectivity index is 1.90. The van der Waals surface area contributed by atoms with Crippen LogP contribution in [0.4, 0.5) is 5.69 Å². The fourth-order valence-corrected chi connectivity index (χ4v) is 3.31. The van der Waals surface area contributed by atoms with Gasteiger partial charge in [-0.2, -0.15) is 0 Å². The van der Waals surface area contributed by atoms with Crippen LogP contribution in [0.25, 0.3) is 11.0 Å². The number of nitrogens with one attached hydrogen (secondary N) is 1. The van der Waals surface area contributed by atoms with E-state index in [0.29, 0.717) is 11.8 Å². The van der Waals surface area contributed by atoms with Crippen LogP contribution in [0.15, 0.2) is 52.0 Å². The van der Waals surface area contributed by atoms with Gasteiger partial charge in [-0.15, -0.1) is 5.10 Å². The van der Waals surface area contributed by atoms with Gasteiger partial charge in [-0.3, -0.25) is 19.7 Å². The van der Waals surface area contributed by atoms with E-state index in [-0.39, 0.29) is 33.7 Å². The summed E-state index contributed by atoms with van der Waals surface area (Å²) in [5.41, 5.74) is 8.39. The molecule has 33 heavy (non-hydrogen) atoms. The summed E-state index contributed by atoms with van der Waals surface area (Å²) in [7, 11) is 0. The molecule has 0 fully saturated rings. The summed E-state index contributed by atoms with van der Waals surface area (Å²) < 4.78 is 5.64. The first-order chi connectivity index (χ1) is 15.8. The number of benzene rings is 2. The molecule has 10 nitrogen and oxygen atoms in total. The Kier molecular flexibility index (Phi) is 7.39. The molecule has 3 rings (SSSR count). The average Bonchev–Trinajstić information content (AvgIpc) is 2.80. The first kappa shape index (κ1) is 23.5. The molecule has 0 atom stereocenters. The fourth-order valence-electron chi connectivity index (χ4n) is 3.31. The number of primary amides is 1. The van der Waals surface area contributed by atoms with Gasteiger partial charge in [0, 0.05) is 29.1 Å². The number of nitrogens with zero attached hydrogens (tertiary/aromatic N) is 2. The number of hydrogen-bond donors (Lipinski definition) is 3. The van der Waals surface area contributed by atoms with Gasteiger partial charge in [-0.25, -0.2) is 5.43 Å². The van der Waals surface area contributed by atoms with E-state index in [0.717, 1.165) is 31.2 Å². The molecule has 172 valence electrons. The van der Waals surface area contributed by atoms with Crippen molar-refractivity contribution in [2.24, 2.45) is 10.8 Å². The minimum atomic E-state index is -0.804. The number of aromatic hydroxyl groups is 1. The van der Waals surface area contributed by atoms with Gasteiger partial charge in [-0.1, -0.05) is 26.2 Å². The zero-order valence-corrected chi connectivity index (χ0v) is 18.0. The van der Waals surface area contributed by atoms with Crippen LogP contribution < -0.4 is 16.7 Å². The smallest absolute Gasteiger partial charge is 0.271 e. The van der Waals surface area contributed by atoms with Gasteiger partial charge in [0.25, 0.3) is 17.5 Å². The van der Waals surface area contributed by atoms with Crippen LogP contribution >= 0.6 is 0 Å². The van der Waals surface area contributed by atoms with E-state index in [1.165, 1.54) is 36.4 Å². The normalized spacial score (nSPS) is 11.5. The first-order valence-electron chi connectivity index (χ1n) is 10.5. The Labute approximate surface area is 188 Å². The quantitative estimate of drug-likeness (QED) is 0.256. The van der Waals surface area contributed by atoms with E-state index >= 15 is 0 Å². The lowest BCUT2D eigenvalue weighted by molar-refractivity contribution is -0.384. The number of non-ortho nitro benzene ring substituents is 1. The van der Waals surface area contributed by atoms with Crippen molar-refractivity contribution < 1.29 is 24.0 Å². The standard InChI is InChI=1S/C23H24N4O6/c1-2-3-4-5-6-15-11-16-12-18(21(24)29)23(33-20(16)13-19(15)28)26-25-22(30)14-7-9-17(10-8-14)27(31)32/h7-13,28H,2-6H2,1H3,(H2,24,29)(H,25,30). The highest BCUT2D eigenvalue weighted by atomic mass is 16.6. The van der Waals surface area contributed by atoms with Crippen molar-refractivity contribution in [1.29, 1.82) is 0 Å². The van der Waals surface area contributed by atoms with Gasteiger partial charge in [0.2, 0.25) is 5.55 Å². The molecule has 4 N–H and O–H groups in total. The lowest BCUT2D eigenvalue weighted by Crippen LogP contribution is -2.27. The molecule has 0 bridgehead atoms. The molecule has 2 aromatic carbocycles. The Morgan fingerprint density at radius 2 is 1.88 bits per heavy atom. The SMILES string of the molecule is CCCCCCc1cc2cc(C(N)=O)c(=NNC(=O)c3ccc([N+](=O)[O-])cc3)oc2cc1O. The van der Waals surface area contributed by atoms with Crippen molar-refractivity contribution in [1.82, 2.24) is 5.43 Å². The molecule has 0 saturated carbocycles. The molecule has 0 radical (unpaired) electrons. The van der Waals surface area contributed by atoms with Gasteiger partial charge in [0.15, 0.2) is 0 Å². The van der Waals surface area contributed by atoms with E-state index in [1.54, 1.807) is 6.07 Å². The lowest BCUT2D eigenvalue weighted by atomic mass is 10.0. The molecule has 1 aromatic heterocycles. The van der Waals surface area contributed by atoms with Gasteiger partial charge >= 0.3 is 0 Å². The minimum Gasteiger partial charge on any atom is -0.508 e. The van der Waals surface area contributed by atoms with Crippen LogP contribution in [0.2, 0.25) is 0 Å². The second-order valence-corrected chi connectivity index (χ2v) is 7.52. The van der Waals surface area contributed by atoms with E-state index in [9.17, 15) is 24.8 Å². The van der Waals surface area contributed by atoms with Gasteiger partial charge in [0.05, 0.1) is 4.92 Å². The van der Waals surface area contributed by atoms with Crippen LogP contribution in [0.1, 0.15) is 58.9 Å². The minimum absolute atomic E-state index is 0.0471. The molecule has 0 saturated heterocycles. The van der Waals surface area contributed by atoms with Crippen LogP contribution in [0.5, 0.6) is 5.75 Å². The molecule has 0 aliphatic carbocycles. The van der Waals surface area contributed by atoms with Crippen LogP contribution in [0, 0.1) is 10.1 Å². The summed E-state index contributed by atoms with van der Waals surface area (Å²) in [6.07, 6.45) is 4.89. The fraction of sp³-hybridized carbons (Fsp3) is 0.261. The highest BCUT2D eigenvalue weighted by Crippen LogP contribution is 2.26. The number of nitro groups is 1. The molecule has 2 amide bonds. The molecule has 3 aromatic rings. The second-order valence-electron chi connectivity index (χ2n) is 7.52. The zero-order chi connectivity index (χ0) is 24.0.